The van der Waals surface area contributed by atoms with Crippen LogP contribution in [-0.4, -0.2) is 25.8 Å². The van der Waals surface area contributed by atoms with Crippen molar-refractivity contribution in [2.24, 2.45) is 11.8 Å². The molecule has 0 aliphatic heterocycles. The van der Waals surface area contributed by atoms with Crippen molar-refractivity contribution < 1.29 is 20.4 Å². The van der Waals surface area contributed by atoms with Gasteiger partial charge >= 0.3 is 0 Å². The fourth-order valence-electron chi connectivity index (χ4n) is 9.22. The molecule has 0 saturated carbocycles. The number of benzene rings is 2. The van der Waals surface area contributed by atoms with Crippen LogP contribution < -0.4 is 0 Å². The molecule has 0 heterocycles. The largest absolute Gasteiger partial charge is 0.507 e. The van der Waals surface area contributed by atoms with Crippen molar-refractivity contribution in [3.8, 4) is 23.0 Å². The van der Waals surface area contributed by atoms with Crippen LogP contribution in [-0.2, 0) is 10.8 Å². The number of hydrogen-bond donors (Lipinski definition) is 4. The van der Waals surface area contributed by atoms with E-state index >= 15 is 0 Å². The molecule has 0 fully saturated rings. The van der Waals surface area contributed by atoms with E-state index < -0.39 is 0 Å². The minimum absolute atomic E-state index is 0.0414. The van der Waals surface area contributed by atoms with E-state index in [0.29, 0.717) is 11.1 Å². The van der Waals surface area contributed by atoms with E-state index in [9.17, 15) is 20.4 Å². The van der Waals surface area contributed by atoms with Crippen molar-refractivity contribution in [3.63, 3.8) is 0 Å². The molecule has 2 aliphatic carbocycles. The van der Waals surface area contributed by atoms with Gasteiger partial charge < -0.3 is 20.4 Å². The third-order valence-corrected chi connectivity index (χ3v) is 13.6. The second kappa shape index (κ2) is 19.3. The van der Waals surface area contributed by atoms with Crippen molar-refractivity contribution in [1.29, 1.82) is 0 Å². The van der Waals surface area contributed by atoms with Crippen molar-refractivity contribution in [1.82, 2.24) is 0 Å². The average Bonchev–Trinajstić information content (AvgIpc) is 3.12. The Hall–Kier alpha value is -2.92. The highest BCUT2D eigenvalue weighted by atomic mass is 79.9. The molecule has 298 valence electrons. The van der Waals surface area contributed by atoms with Gasteiger partial charge in [-0.3, -0.25) is 0 Å². The van der Waals surface area contributed by atoms with Gasteiger partial charge in [0.05, 0.1) is 0 Å². The van der Waals surface area contributed by atoms with Crippen LogP contribution in [0, 0.1) is 11.8 Å². The molecule has 2 aromatic carbocycles. The predicted octanol–water partition coefficient (Wildman–Crippen LogP) is 14.5. The first-order chi connectivity index (χ1) is 25.5. The minimum atomic E-state index is -0.172. The summed E-state index contributed by atoms with van der Waals surface area (Å²) in [6.07, 6.45) is 21.6. The molecule has 0 bridgehead atoms. The lowest BCUT2D eigenvalue weighted by Crippen LogP contribution is -2.20. The smallest absolute Gasteiger partial charge is 0.123 e. The fraction of sp³-hybridized carbons (Fsp3) is 0.592. The van der Waals surface area contributed by atoms with E-state index in [-0.39, 0.29) is 57.5 Å². The van der Waals surface area contributed by atoms with E-state index in [1.807, 2.05) is 24.3 Å². The van der Waals surface area contributed by atoms with Crippen LogP contribution >= 0.6 is 15.9 Å². The van der Waals surface area contributed by atoms with Gasteiger partial charge in [0.2, 0.25) is 0 Å². The number of halogens is 1. The number of unbranched alkanes of at least 4 members (excludes halogenated alkanes) is 4. The Labute approximate surface area is 336 Å². The monoisotopic (exact) mass is 802 g/mol. The zero-order valence-electron chi connectivity index (χ0n) is 34.8. The summed E-state index contributed by atoms with van der Waals surface area (Å²) < 4.78 is 0. The molecule has 0 radical (unpaired) electrons. The lowest BCUT2D eigenvalue weighted by Gasteiger charge is -2.33. The van der Waals surface area contributed by atoms with Crippen molar-refractivity contribution in [3.05, 3.63) is 93.6 Å². The number of alkyl halides is 1. The van der Waals surface area contributed by atoms with Gasteiger partial charge in [0.15, 0.2) is 0 Å². The van der Waals surface area contributed by atoms with Gasteiger partial charge in [-0.25, -0.2) is 0 Å². The van der Waals surface area contributed by atoms with Gasteiger partial charge in [0.25, 0.3) is 0 Å². The lowest BCUT2D eigenvalue weighted by atomic mass is 9.71. The summed E-state index contributed by atoms with van der Waals surface area (Å²) in [5.74, 6) is 1.18. The van der Waals surface area contributed by atoms with Crippen molar-refractivity contribution in [2.75, 3.05) is 5.33 Å². The quantitative estimate of drug-likeness (QED) is 0.0687. The van der Waals surface area contributed by atoms with Gasteiger partial charge in [0.1, 0.15) is 23.0 Å². The number of rotatable bonds is 18. The zero-order valence-corrected chi connectivity index (χ0v) is 36.4. The average molecular weight is 804 g/mol. The van der Waals surface area contributed by atoms with E-state index in [4.69, 9.17) is 0 Å². The number of phenolic OH excluding ortho intramolecular Hbond substituents is 4. The summed E-state index contributed by atoms with van der Waals surface area (Å²) >= 11 is 3.54. The van der Waals surface area contributed by atoms with Crippen LogP contribution in [0.5, 0.6) is 23.0 Å². The zero-order chi connectivity index (χ0) is 39.8. The lowest BCUT2D eigenvalue weighted by molar-refractivity contribution is 0.395. The van der Waals surface area contributed by atoms with E-state index in [0.717, 1.165) is 112 Å². The number of phenols is 4. The van der Waals surface area contributed by atoms with Crippen LogP contribution in [0.25, 0.3) is 0 Å². The van der Waals surface area contributed by atoms with Crippen LogP contribution in [0.3, 0.4) is 0 Å². The highest BCUT2D eigenvalue weighted by Crippen LogP contribution is 2.50. The van der Waals surface area contributed by atoms with Crippen molar-refractivity contribution in [2.45, 2.75) is 168 Å². The van der Waals surface area contributed by atoms with E-state index in [2.05, 4.69) is 96.1 Å². The third kappa shape index (κ3) is 10.7. The second-order valence-electron chi connectivity index (χ2n) is 17.9. The molecule has 4 unspecified atom stereocenters. The molecule has 0 amide bonds. The number of aromatic hydroxyl groups is 4. The first-order valence-corrected chi connectivity index (χ1v) is 22.1. The number of hydrogen-bond acceptors (Lipinski definition) is 4. The maximum Gasteiger partial charge on any atom is 0.123 e. The van der Waals surface area contributed by atoms with Crippen LogP contribution in [0.1, 0.15) is 179 Å². The van der Waals surface area contributed by atoms with E-state index in [1.165, 1.54) is 16.7 Å². The molecule has 5 heteroatoms. The Morgan fingerprint density at radius 2 is 1.11 bits per heavy atom. The van der Waals surface area contributed by atoms with Gasteiger partial charge in [-0.05, 0) is 143 Å². The molecular formula is C49H71BrO4. The highest BCUT2D eigenvalue weighted by molar-refractivity contribution is 9.09. The Morgan fingerprint density at radius 3 is 1.56 bits per heavy atom. The topological polar surface area (TPSA) is 80.9 Å². The third-order valence-electron chi connectivity index (χ3n) is 13.0. The number of allylic oxidation sites excluding steroid dienone is 7. The van der Waals surface area contributed by atoms with Crippen molar-refractivity contribution >= 4 is 15.9 Å². The highest BCUT2D eigenvalue weighted by Gasteiger charge is 2.34. The van der Waals surface area contributed by atoms with Crippen LogP contribution in [0.2, 0.25) is 0 Å². The summed E-state index contributed by atoms with van der Waals surface area (Å²) in [5.41, 5.74) is 8.20. The minimum Gasteiger partial charge on any atom is -0.507 e. The fourth-order valence-corrected chi connectivity index (χ4v) is 9.50. The Morgan fingerprint density at radius 1 is 0.685 bits per heavy atom. The van der Waals surface area contributed by atoms with Crippen LogP contribution in [0.4, 0.5) is 0 Å². The van der Waals surface area contributed by atoms with Gasteiger partial charge in [-0.15, -0.1) is 0 Å². The standard InChI is InChI=1S/C49H71BrO4/c1-10-34-19-21-38(32(3)4)40(26-34)46-42(51)28-36(29-43(46)52)48(6,7)23-16-14-12-13-15-18-33(5)39-22-20-35(11-2)27-41(39)47-44(53)30-37(31-45(47)54)49(8,9)24-17-25-50/h18,26-31,38-41,51-54H,3,10-17,19-25H2,1-2,4-9H3. The molecule has 4 rings (SSSR count). The molecule has 54 heavy (non-hydrogen) atoms. The van der Waals surface area contributed by atoms with Crippen LogP contribution in [0.15, 0.2) is 71.4 Å². The molecule has 4 nitrogen and oxygen atoms in total. The first kappa shape index (κ1) is 43.8. The van der Waals surface area contributed by atoms with Gasteiger partial charge in [-0.2, -0.15) is 0 Å². The summed E-state index contributed by atoms with van der Waals surface area (Å²) in [5, 5.41) is 46.3. The predicted molar refractivity (Wildman–Crippen MR) is 233 cm³/mol. The Bertz CT molecular complexity index is 1640. The maximum absolute atomic E-state index is 11.4. The summed E-state index contributed by atoms with van der Waals surface area (Å²) in [6, 6.07) is 7.57. The Kier molecular flexibility index (Phi) is 15.6. The molecule has 4 atom stereocenters. The first-order valence-electron chi connectivity index (χ1n) is 20.9. The second-order valence-corrected chi connectivity index (χ2v) is 18.7. The van der Waals surface area contributed by atoms with Gasteiger partial charge in [-0.1, -0.05) is 124 Å². The molecule has 2 aromatic rings. The van der Waals surface area contributed by atoms with E-state index in [1.54, 1.807) is 0 Å². The molecule has 0 aromatic heterocycles. The Balaban J connectivity index is 1.36. The molecular weight excluding hydrogens is 732 g/mol. The molecule has 4 N–H and O–H groups in total. The summed E-state index contributed by atoms with van der Waals surface area (Å²) in [4.78, 5) is 0. The maximum atomic E-state index is 11.4. The molecule has 2 aliphatic rings. The SMILES string of the molecule is C=C(C)C1CCC(CC)=CC1c1c(O)cc(C(C)(C)CCCCCCC=C(C)C2CCC(CC)=CC2c2c(O)cc(C(C)(C)CCCBr)cc2O)cc1O. The summed E-state index contributed by atoms with van der Waals surface area (Å²) in [7, 11) is 0. The summed E-state index contributed by atoms with van der Waals surface area (Å²) in [6.45, 7) is 21.7. The molecule has 0 spiro atoms. The van der Waals surface area contributed by atoms with Gasteiger partial charge in [0, 0.05) is 28.3 Å². The normalized spacial score (nSPS) is 21.2. The molecule has 0 saturated heterocycles.